The second-order valence-corrected chi connectivity index (χ2v) is 8.02. The maximum atomic E-state index is 12.8. The van der Waals surface area contributed by atoms with Gasteiger partial charge in [0, 0.05) is 18.0 Å². The van der Waals surface area contributed by atoms with Gasteiger partial charge in [0.2, 0.25) is 0 Å². The Hall–Kier alpha value is -0.860. The zero-order valence-electron chi connectivity index (χ0n) is 16.4. The molecule has 1 saturated heterocycles. The van der Waals surface area contributed by atoms with E-state index < -0.39 is 17.2 Å². The normalized spacial score (nSPS) is 15.1. The van der Waals surface area contributed by atoms with Gasteiger partial charge >= 0.3 is 29.6 Å². The summed E-state index contributed by atoms with van der Waals surface area (Å²) in [7, 11) is 0. The first kappa shape index (κ1) is 22.4. The molecule has 1 aliphatic heterocycles. The molecule has 0 aliphatic carbocycles. The molecule has 0 atom stereocenters. The molecular weight excluding hydrogens is 373 g/mol. The van der Waals surface area contributed by atoms with Gasteiger partial charge in [-0.15, -0.1) is 11.3 Å². The van der Waals surface area contributed by atoms with Crippen molar-refractivity contribution in [3.8, 4) is 5.75 Å². The number of piperidine rings is 1. The summed E-state index contributed by atoms with van der Waals surface area (Å²) in [6, 6.07) is 1.57. The van der Waals surface area contributed by atoms with E-state index in [1.165, 1.54) is 30.6 Å². The predicted molar refractivity (Wildman–Crippen MR) is 103 cm³/mol. The van der Waals surface area contributed by atoms with Crippen LogP contribution >= 0.6 is 11.3 Å². The Morgan fingerprint density at radius 3 is 2.67 bits per heavy atom. The number of carbonyl (C=O) groups excluding carboxylic acids is 1. The Bertz CT molecular complexity index is 841. The largest absolute Gasteiger partial charge is 1.00 e. The first-order valence-electron chi connectivity index (χ1n) is 9.34. The number of thiophene rings is 1. The van der Waals surface area contributed by atoms with Crippen LogP contribution in [0.3, 0.4) is 0 Å². The number of rotatable bonds is 6. The fourth-order valence-electron chi connectivity index (χ4n) is 3.55. The number of nitrogens with zero attached hydrogens (tertiary/aromatic N) is 2. The number of aromatic nitrogens is 1. The summed E-state index contributed by atoms with van der Waals surface area (Å²) in [5, 5.41) is 17.6. The summed E-state index contributed by atoms with van der Waals surface area (Å²) in [6.45, 7) is 7.40. The van der Waals surface area contributed by atoms with Crippen LogP contribution in [0.15, 0.2) is 16.2 Å². The molecule has 0 spiro atoms. The van der Waals surface area contributed by atoms with Crippen LogP contribution in [-0.4, -0.2) is 41.6 Å². The van der Waals surface area contributed by atoms with Gasteiger partial charge in [0.15, 0.2) is 0 Å². The zero-order chi connectivity index (χ0) is 18.7. The number of hydrogen-bond donors (Lipinski definition) is 1. The summed E-state index contributed by atoms with van der Waals surface area (Å²) < 4.78 is 1.55. The van der Waals surface area contributed by atoms with Crippen LogP contribution in [0.4, 0.5) is 0 Å². The molecule has 8 heteroatoms. The number of fused-ring (bicyclic) bond motifs is 1. The number of pyridine rings is 1. The molecule has 2 aromatic rings. The monoisotopic (exact) mass is 399 g/mol. The first-order chi connectivity index (χ1) is 12.5. The number of nitrogens with one attached hydrogen (secondary N) is 1. The van der Waals surface area contributed by atoms with Gasteiger partial charge in [-0.1, -0.05) is 12.2 Å². The molecule has 0 bridgehead atoms. The second-order valence-electron chi connectivity index (χ2n) is 7.12. The van der Waals surface area contributed by atoms with Gasteiger partial charge in [-0.05, 0) is 64.2 Å². The van der Waals surface area contributed by atoms with Gasteiger partial charge in [-0.2, -0.15) is 0 Å². The van der Waals surface area contributed by atoms with Crippen LogP contribution < -0.4 is 45.5 Å². The molecule has 3 rings (SSSR count). The third-order valence-electron chi connectivity index (χ3n) is 4.90. The number of amides is 1. The first-order valence-corrected chi connectivity index (χ1v) is 10.2. The van der Waals surface area contributed by atoms with E-state index in [0.717, 1.165) is 26.1 Å². The van der Waals surface area contributed by atoms with Gasteiger partial charge < -0.3 is 15.3 Å². The smallest absolute Gasteiger partial charge is 0.871 e. The molecule has 0 aromatic carbocycles. The van der Waals surface area contributed by atoms with E-state index in [-0.39, 0.29) is 41.2 Å². The van der Waals surface area contributed by atoms with Crippen molar-refractivity contribution in [3.05, 3.63) is 27.4 Å². The standard InChI is InChI=1S/C19H27N3O3S.Na/c1-13(2)22-18(25)15(16(23)14-7-12-26-19(14)22)17(24)20-8-6-11-21-9-4-3-5-10-21;/h7,12-13,23H,3-6,8-11H2,1-2H3,(H,20,24);/q;+1/p-1. The predicted octanol–water partition coefficient (Wildman–Crippen LogP) is -0.673. The molecule has 6 nitrogen and oxygen atoms in total. The van der Waals surface area contributed by atoms with Crippen LogP contribution in [0.5, 0.6) is 5.75 Å². The Kier molecular flexibility index (Phi) is 8.37. The molecule has 2 aromatic heterocycles. The van der Waals surface area contributed by atoms with E-state index in [4.69, 9.17) is 0 Å². The second kappa shape index (κ2) is 10.1. The Morgan fingerprint density at radius 1 is 1.30 bits per heavy atom. The van der Waals surface area contributed by atoms with Gasteiger partial charge in [0.1, 0.15) is 4.83 Å². The minimum atomic E-state index is -0.554. The van der Waals surface area contributed by atoms with E-state index in [9.17, 15) is 14.7 Å². The van der Waals surface area contributed by atoms with Gasteiger partial charge in [-0.25, -0.2) is 0 Å². The average molecular weight is 399 g/mol. The van der Waals surface area contributed by atoms with E-state index >= 15 is 0 Å². The van der Waals surface area contributed by atoms with Crippen molar-refractivity contribution in [2.45, 2.75) is 45.6 Å². The SMILES string of the molecule is CC(C)n1c(=O)c(C(=O)NCCCN2CCCCC2)c([O-])c2ccsc21.[Na+]. The maximum absolute atomic E-state index is 12.8. The minimum absolute atomic E-state index is 0. The molecule has 0 radical (unpaired) electrons. The molecule has 27 heavy (non-hydrogen) atoms. The van der Waals surface area contributed by atoms with Crippen molar-refractivity contribution in [2.75, 3.05) is 26.2 Å². The van der Waals surface area contributed by atoms with Gasteiger partial charge in [0.25, 0.3) is 11.5 Å². The van der Waals surface area contributed by atoms with Crippen molar-refractivity contribution in [1.29, 1.82) is 0 Å². The topological polar surface area (TPSA) is 77.4 Å². The van der Waals surface area contributed by atoms with E-state index in [0.29, 0.717) is 16.8 Å². The van der Waals surface area contributed by atoms with Crippen LogP contribution in [0, 0.1) is 0 Å². The summed E-state index contributed by atoms with van der Waals surface area (Å²) in [5.74, 6) is -1.02. The number of carbonyl (C=O) groups is 1. The summed E-state index contributed by atoms with van der Waals surface area (Å²) in [6.07, 6.45) is 4.59. The van der Waals surface area contributed by atoms with E-state index in [1.54, 1.807) is 16.0 Å². The quantitative estimate of drug-likeness (QED) is 0.516. The fourth-order valence-corrected chi connectivity index (χ4v) is 4.58. The Balaban J connectivity index is 0.00000261. The fraction of sp³-hybridized carbons (Fsp3) is 0.579. The van der Waals surface area contributed by atoms with Crippen molar-refractivity contribution in [2.24, 2.45) is 0 Å². The molecular formula is C19H26N3NaO3S. The van der Waals surface area contributed by atoms with Crippen LogP contribution in [0.25, 0.3) is 10.2 Å². The molecule has 1 amide bonds. The summed E-state index contributed by atoms with van der Waals surface area (Å²) in [4.78, 5) is 28.3. The Labute approximate surface area is 185 Å². The molecule has 142 valence electrons. The molecule has 0 unspecified atom stereocenters. The molecule has 1 fully saturated rings. The summed E-state index contributed by atoms with van der Waals surface area (Å²) >= 11 is 1.35. The van der Waals surface area contributed by atoms with Crippen molar-refractivity contribution < 1.29 is 39.5 Å². The average Bonchev–Trinajstić information content (AvgIpc) is 3.09. The van der Waals surface area contributed by atoms with Gasteiger partial charge in [-0.3, -0.25) is 14.2 Å². The molecule has 0 saturated carbocycles. The molecule has 1 N–H and O–H groups in total. The minimum Gasteiger partial charge on any atom is -0.871 e. The third kappa shape index (κ3) is 4.95. The van der Waals surface area contributed by atoms with Crippen molar-refractivity contribution in [3.63, 3.8) is 0 Å². The van der Waals surface area contributed by atoms with Crippen molar-refractivity contribution >= 4 is 27.5 Å². The summed E-state index contributed by atoms with van der Waals surface area (Å²) in [5.41, 5.74) is -0.754. The molecule has 3 heterocycles. The number of hydrogen-bond acceptors (Lipinski definition) is 5. The van der Waals surface area contributed by atoms with Crippen LogP contribution in [0.1, 0.15) is 55.9 Å². The number of likely N-dealkylation sites (tertiary alicyclic amines) is 1. The molecule has 1 aliphatic rings. The third-order valence-corrected chi connectivity index (χ3v) is 5.81. The van der Waals surface area contributed by atoms with Crippen LogP contribution in [-0.2, 0) is 0 Å². The van der Waals surface area contributed by atoms with Crippen LogP contribution in [0.2, 0.25) is 0 Å². The van der Waals surface area contributed by atoms with Gasteiger partial charge in [0.05, 0.1) is 5.56 Å². The Morgan fingerprint density at radius 2 is 2.00 bits per heavy atom. The van der Waals surface area contributed by atoms with E-state index in [2.05, 4.69) is 10.2 Å². The van der Waals surface area contributed by atoms with E-state index in [1.807, 2.05) is 13.8 Å². The zero-order valence-corrected chi connectivity index (χ0v) is 19.2. The van der Waals surface area contributed by atoms with Crippen molar-refractivity contribution in [1.82, 2.24) is 14.8 Å². The maximum Gasteiger partial charge on any atom is 1.00 e.